The van der Waals surface area contributed by atoms with Crippen molar-refractivity contribution in [2.45, 2.75) is 23.5 Å². The molecule has 21 heavy (non-hydrogen) atoms. The highest BCUT2D eigenvalue weighted by Crippen LogP contribution is 2.26. The Balaban J connectivity index is 2.22. The lowest BCUT2D eigenvalue weighted by atomic mass is 9.95. The van der Waals surface area contributed by atoms with Crippen molar-refractivity contribution in [3.63, 3.8) is 0 Å². The van der Waals surface area contributed by atoms with Crippen molar-refractivity contribution in [3.8, 4) is 0 Å². The molecule has 0 aromatic carbocycles. The number of likely N-dealkylation sites (N-methyl/N-ethyl adjacent to an activating group) is 1. The number of nitrogen functional groups attached to an aromatic ring is 1. The standard InChI is InChI=1S/C12H20N4O4S/c1-16(9-12(17)4-7-20-8-5-12)21(18,19)11-10(15-13)3-2-6-14-11/h2-3,6,15,17H,4-5,7-9,13H2,1H3. The summed E-state index contributed by atoms with van der Waals surface area (Å²) in [6.45, 7) is 0.826. The molecule has 1 saturated heterocycles. The predicted octanol–water partition coefficient (Wildman–Crippen LogP) is -0.471. The van der Waals surface area contributed by atoms with E-state index in [2.05, 4.69) is 10.4 Å². The Morgan fingerprint density at radius 3 is 2.81 bits per heavy atom. The van der Waals surface area contributed by atoms with Gasteiger partial charge in [0.1, 0.15) is 0 Å². The lowest BCUT2D eigenvalue weighted by Gasteiger charge is -2.34. The minimum atomic E-state index is -3.84. The lowest BCUT2D eigenvalue weighted by Crippen LogP contribution is -2.47. The Kier molecular flexibility index (Phi) is 4.79. The number of ether oxygens (including phenoxy) is 1. The molecule has 1 fully saturated rings. The van der Waals surface area contributed by atoms with Crippen molar-refractivity contribution in [1.82, 2.24) is 9.29 Å². The number of hydrogen-bond donors (Lipinski definition) is 3. The van der Waals surface area contributed by atoms with Gasteiger partial charge in [-0.1, -0.05) is 0 Å². The maximum atomic E-state index is 12.6. The van der Waals surface area contributed by atoms with Gasteiger partial charge < -0.3 is 15.3 Å². The van der Waals surface area contributed by atoms with Gasteiger partial charge in [-0.05, 0) is 12.1 Å². The molecule has 2 rings (SSSR count). The van der Waals surface area contributed by atoms with E-state index in [9.17, 15) is 13.5 Å². The van der Waals surface area contributed by atoms with E-state index in [1.54, 1.807) is 6.07 Å². The first kappa shape index (κ1) is 16.1. The Hall–Kier alpha value is -1.26. The monoisotopic (exact) mass is 316 g/mol. The number of nitrogens with two attached hydrogens (primary N) is 1. The maximum absolute atomic E-state index is 12.6. The number of aliphatic hydroxyl groups is 1. The molecular formula is C12H20N4O4S. The molecule has 2 heterocycles. The van der Waals surface area contributed by atoms with Gasteiger partial charge in [-0.25, -0.2) is 13.4 Å². The van der Waals surface area contributed by atoms with Gasteiger partial charge in [0.2, 0.25) is 0 Å². The summed E-state index contributed by atoms with van der Waals surface area (Å²) >= 11 is 0. The molecule has 0 spiro atoms. The van der Waals surface area contributed by atoms with Crippen LogP contribution in [0.15, 0.2) is 23.4 Å². The summed E-state index contributed by atoms with van der Waals surface area (Å²) in [5.41, 5.74) is 1.45. The van der Waals surface area contributed by atoms with Crippen LogP contribution in [0.5, 0.6) is 0 Å². The summed E-state index contributed by atoms with van der Waals surface area (Å²) in [4.78, 5) is 3.88. The van der Waals surface area contributed by atoms with Crippen molar-refractivity contribution >= 4 is 15.7 Å². The average Bonchev–Trinajstić information content (AvgIpc) is 2.47. The number of hydrogen-bond acceptors (Lipinski definition) is 7. The number of nitrogens with zero attached hydrogens (tertiary/aromatic N) is 2. The highest BCUT2D eigenvalue weighted by Gasteiger charge is 2.36. The zero-order valence-corrected chi connectivity index (χ0v) is 12.6. The molecule has 8 nitrogen and oxygen atoms in total. The summed E-state index contributed by atoms with van der Waals surface area (Å²) in [7, 11) is -2.43. The average molecular weight is 316 g/mol. The van der Waals surface area contributed by atoms with Crippen LogP contribution in [0.25, 0.3) is 0 Å². The molecule has 0 saturated carbocycles. The second kappa shape index (κ2) is 6.24. The van der Waals surface area contributed by atoms with E-state index in [1.165, 1.54) is 19.3 Å². The van der Waals surface area contributed by atoms with Crippen LogP contribution >= 0.6 is 0 Å². The predicted molar refractivity (Wildman–Crippen MR) is 76.9 cm³/mol. The smallest absolute Gasteiger partial charge is 0.262 e. The van der Waals surface area contributed by atoms with Crippen LogP contribution in [0.3, 0.4) is 0 Å². The maximum Gasteiger partial charge on any atom is 0.262 e. The summed E-state index contributed by atoms with van der Waals surface area (Å²) in [5.74, 6) is 5.32. The van der Waals surface area contributed by atoms with Crippen molar-refractivity contribution in [2.75, 3.05) is 32.2 Å². The van der Waals surface area contributed by atoms with E-state index in [4.69, 9.17) is 10.6 Å². The molecule has 1 aromatic heterocycles. The number of anilines is 1. The van der Waals surface area contributed by atoms with Crippen molar-refractivity contribution in [1.29, 1.82) is 0 Å². The van der Waals surface area contributed by atoms with E-state index in [0.717, 1.165) is 4.31 Å². The summed E-state index contributed by atoms with van der Waals surface area (Å²) in [5, 5.41) is 10.3. The third-order valence-corrected chi connectivity index (χ3v) is 5.29. The molecule has 1 aliphatic heterocycles. The minimum Gasteiger partial charge on any atom is -0.388 e. The van der Waals surface area contributed by atoms with Crippen molar-refractivity contribution < 1.29 is 18.3 Å². The third kappa shape index (κ3) is 3.50. The van der Waals surface area contributed by atoms with Gasteiger partial charge in [0.15, 0.2) is 5.03 Å². The normalized spacial score (nSPS) is 18.7. The summed E-state index contributed by atoms with van der Waals surface area (Å²) in [6, 6.07) is 3.11. The molecule has 0 atom stereocenters. The quantitative estimate of drug-likeness (QED) is 0.496. The molecule has 1 aromatic rings. The van der Waals surface area contributed by atoms with Crippen LogP contribution in [0.2, 0.25) is 0 Å². The van der Waals surface area contributed by atoms with Crippen LogP contribution in [-0.4, -0.2) is 55.2 Å². The van der Waals surface area contributed by atoms with E-state index < -0.39 is 15.6 Å². The third-order valence-electron chi connectivity index (χ3n) is 3.52. The Labute approximate surface area is 123 Å². The van der Waals surface area contributed by atoms with Gasteiger partial charge in [-0.3, -0.25) is 5.84 Å². The van der Waals surface area contributed by atoms with Crippen LogP contribution in [0.4, 0.5) is 5.69 Å². The van der Waals surface area contributed by atoms with Gasteiger partial charge >= 0.3 is 0 Å². The molecule has 118 valence electrons. The number of sulfonamides is 1. The summed E-state index contributed by atoms with van der Waals surface area (Å²) < 4.78 is 31.4. The molecule has 0 amide bonds. The lowest BCUT2D eigenvalue weighted by molar-refractivity contribution is -0.0689. The fraction of sp³-hybridized carbons (Fsp3) is 0.583. The Bertz CT molecular complexity index is 587. The molecule has 0 bridgehead atoms. The highest BCUT2D eigenvalue weighted by atomic mass is 32.2. The fourth-order valence-corrected chi connectivity index (χ4v) is 3.57. The van der Waals surface area contributed by atoms with Crippen molar-refractivity contribution in [2.24, 2.45) is 5.84 Å². The molecule has 0 radical (unpaired) electrons. The zero-order chi connectivity index (χ0) is 15.5. The van der Waals surface area contributed by atoms with Gasteiger partial charge in [0, 0.05) is 45.8 Å². The summed E-state index contributed by atoms with van der Waals surface area (Å²) in [6.07, 6.45) is 2.18. The molecule has 4 N–H and O–H groups in total. The van der Waals surface area contributed by atoms with Gasteiger partial charge in [0.25, 0.3) is 10.0 Å². The second-order valence-corrected chi connectivity index (χ2v) is 7.06. The first-order chi connectivity index (χ1) is 9.89. The SMILES string of the molecule is CN(CC1(O)CCOCC1)S(=O)(=O)c1ncccc1NN. The zero-order valence-electron chi connectivity index (χ0n) is 11.8. The fourth-order valence-electron chi connectivity index (χ4n) is 2.26. The van der Waals surface area contributed by atoms with Gasteiger partial charge in [0.05, 0.1) is 11.3 Å². The first-order valence-electron chi connectivity index (χ1n) is 6.57. The number of pyridine rings is 1. The van der Waals surface area contributed by atoms with E-state index in [-0.39, 0.29) is 17.3 Å². The number of aromatic nitrogens is 1. The van der Waals surface area contributed by atoms with E-state index in [0.29, 0.717) is 26.1 Å². The number of rotatable bonds is 5. The Morgan fingerprint density at radius 2 is 2.19 bits per heavy atom. The van der Waals surface area contributed by atoms with Crippen LogP contribution in [0, 0.1) is 0 Å². The van der Waals surface area contributed by atoms with Crippen LogP contribution in [-0.2, 0) is 14.8 Å². The topological polar surface area (TPSA) is 118 Å². The van der Waals surface area contributed by atoms with Crippen LogP contribution < -0.4 is 11.3 Å². The van der Waals surface area contributed by atoms with E-state index in [1.807, 2.05) is 0 Å². The molecule has 0 unspecified atom stereocenters. The number of nitrogens with one attached hydrogen (secondary N) is 1. The Morgan fingerprint density at radius 1 is 1.52 bits per heavy atom. The molecular weight excluding hydrogens is 296 g/mol. The molecule has 1 aliphatic rings. The molecule has 9 heteroatoms. The van der Waals surface area contributed by atoms with Crippen molar-refractivity contribution in [3.05, 3.63) is 18.3 Å². The van der Waals surface area contributed by atoms with Gasteiger partial charge in [-0.15, -0.1) is 0 Å². The first-order valence-corrected chi connectivity index (χ1v) is 8.01. The largest absolute Gasteiger partial charge is 0.388 e. The van der Waals surface area contributed by atoms with Crippen LogP contribution in [0.1, 0.15) is 12.8 Å². The molecule has 0 aliphatic carbocycles. The second-order valence-electron chi connectivity index (χ2n) is 5.10. The number of hydrazine groups is 1. The van der Waals surface area contributed by atoms with Gasteiger partial charge in [-0.2, -0.15) is 4.31 Å². The minimum absolute atomic E-state index is 0.0146. The highest BCUT2D eigenvalue weighted by molar-refractivity contribution is 7.89. The van der Waals surface area contributed by atoms with E-state index >= 15 is 0 Å².